The monoisotopic (exact) mass is 378 g/mol. The molecule has 1 saturated heterocycles. The number of carbonyl (C=O) groups excluding carboxylic acids is 1. The summed E-state index contributed by atoms with van der Waals surface area (Å²) < 4.78 is 7.70. The number of hydrogen-bond donors (Lipinski definition) is 2. The van der Waals surface area contributed by atoms with Crippen LogP contribution in [0.1, 0.15) is 68.4 Å². The predicted molar refractivity (Wildman–Crippen MR) is 104 cm³/mol. The largest absolute Gasteiger partial charge is 0.394 e. The maximum atomic E-state index is 13.2. The first-order valence-electron chi connectivity index (χ1n) is 10.1. The van der Waals surface area contributed by atoms with Crippen molar-refractivity contribution in [3.05, 3.63) is 17.0 Å². The second-order valence-corrected chi connectivity index (χ2v) is 8.63. The first-order valence-corrected chi connectivity index (χ1v) is 10.1. The lowest BCUT2D eigenvalue weighted by atomic mass is 9.87. The van der Waals surface area contributed by atoms with E-state index in [1.54, 1.807) is 4.68 Å². The Hall–Kier alpha value is -1.44. The summed E-state index contributed by atoms with van der Waals surface area (Å²) in [6, 6.07) is 0. The summed E-state index contributed by atoms with van der Waals surface area (Å²) in [5, 5.41) is 18.0. The van der Waals surface area contributed by atoms with Crippen molar-refractivity contribution in [3.8, 4) is 0 Å². The summed E-state index contributed by atoms with van der Waals surface area (Å²) in [4.78, 5) is 15.1. The predicted octanol–water partition coefficient (Wildman–Crippen LogP) is 1.65. The average Bonchev–Trinajstić information content (AvgIpc) is 2.96. The average molecular weight is 379 g/mol. The number of aliphatic hydroxyl groups excluding tert-OH is 1. The van der Waals surface area contributed by atoms with Crippen LogP contribution < -0.4 is 5.32 Å². The molecule has 7 heteroatoms. The Kier molecular flexibility index (Phi) is 5.93. The quantitative estimate of drug-likeness (QED) is 0.815. The molecule has 0 aliphatic carbocycles. The molecule has 1 aromatic heterocycles. The minimum atomic E-state index is -0.276. The van der Waals surface area contributed by atoms with Crippen LogP contribution in [0.15, 0.2) is 0 Å². The van der Waals surface area contributed by atoms with E-state index in [4.69, 9.17) is 4.74 Å². The van der Waals surface area contributed by atoms with E-state index in [-0.39, 0.29) is 30.3 Å². The minimum absolute atomic E-state index is 0.00329. The fourth-order valence-electron chi connectivity index (χ4n) is 4.31. The fraction of sp³-hybridized carbons (Fsp3) is 0.800. The second-order valence-electron chi connectivity index (χ2n) is 8.63. The first-order chi connectivity index (χ1) is 12.8. The van der Waals surface area contributed by atoms with Crippen molar-refractivity contribution in [2.45, 2.75) is 64.7 Å². The Labute approximate surface area is 162 Å². The molecule has 0 unspecified atom stereocenters. The van der Waals surface area contributed by atoms with Crippen LogP contribution in [0.25, 0.3) is 0 Å². The molecule has 2 aliphatic heterocycles. The van der Waals surface area contributed by atoms with Crippen LogP contribution in [0.4, 0.5) is 0 Å². The number of hydrogen-bond acceptors (Lipinski definition) is 5. The SMILES string of the molecule is CC(C)CNC1(CO)CCN(C(=O)c2nn(C)c3c2C[C@H](C)O[C@@H]3C)CC1. The Morgan fingerprint density at radius 1 is 1.37 bits per heavy atom. The van der Waals surface area contributed by atoms with Crippen molar-refractivity contribution in [2.24, 2.45) is 13.0 Å². The van der Waals surface area contributed by atoms with Crippen LogP contribution in [-0.4, -0.2) is 63.6 Å². The smallest absolute Gasteiger partial charge is 0.274 e. The van der Waals surface area contributed by atoms with Gasteiger partial charge in [-0.25, -0.2) is 0 Å². The number of carbonyl (C=O) groups is 1. The Bertz CT molecular complexity index is 677. The third kappa shape index (κ3) is 4.05. The molecule has 152 valence electrons. The molecule has 2 N–H and O–H groups in total. The molecule has 0 bridgehead atoms. The first kappa shape index (κ1) is 20.3. The zero-order chi connectivity index (χ0) is 19.8. The fourth-order valence-corrected chi connectivity index (χ4v) is 4.31. The van der Waals surface area contributed by atoms with Crippen LogP contribution in [0.3, 0.4) is 0 Å². The number of rotatable bonds is 5. The molecule has 0 spiro atoms. The molecule has 3 heterocycles. The molecule has 7 nitrogen and oxygen atoms in total. The summed E-state index contributed by atoms with van der Waals surface area (Å²) in [5.41, 5.74) is 2.34. The van der Waals surface area contributed by atoms with E-state index in [1.807, 2.05) is 25.8 Å². The third-order valence-electron chi connectivity index (χ3n) is 5.91. The lowest BCUT2D eigenvalue weighted by Crippen LogP contribution is -2.57. The highest BCUT2D eigenvalue weighted by atomic mass is 16.5. The minimum Gasteiger partial charge on any atom is -0.394 e. The number of aliphatic hydroxyl groups is 1. The highest BCUT2D eigenvalue weighted by Gasteiger charge is 2.38. The molecule has 2 aliphatic rings. The van der Waals surface area contributed by atoms with Gasteiger partial charge in [-0.1, -0.05) is 13.8 Å². The molecule has 1 amide bonds. The Balaban J connectivity index is 1.73. The number of nitrogens with zero attached hydrogens (tertiary/aromatic N) is 3. The molecule has 3 rings (SSSR count). The van der Waals surface area contributed by atoms with Crippen LogP contribution in [-0.2, 0) is 18.2 Å². The van der Waals surface area contributed by atoms with Gasteiger partial charge in [-0.2, -0.15) is 5.10 Å². The number of likely N-dealkylation sites (tertiary alicyclic amines) is 1. The number of nitrogens with one attached hydrogen (secondary N) is 1. The Morgan fingerprint density at radius 3 is 2.63 bits per heavy atom. The molecule has 2 atom stereocenters. The number of aryl methyl sites for hydroxylation is 1. The summed E-state index contributed by atoms with van der Waals surface area (Å²) in [7, 11) is 1.88. The Morgan fingerprint density at radius 2 is 2.04 bits per heavy atom. The van der Waals surface area contributed by atoms with Gasteiger partial charge in [-0.15, -0.1) is 0 Å². The van der Waals surface area contributed by atoms with E-state index in [0.29, 0.717) is 24.7 Å². The highest BCUT2D eigenvalue weighted by Crippen LogP contribution is 2.33. The van der Waals surface area contributed by atoms with Crippen LogP contribution >= 0.6 is 0 Å². The summed E-state index contributed by atoms with van der Waals surface area (Å²) in [6.07, 6.45) is 2.27. The summed E-state index contributed by atoms with van der Waals surface area (Å²) >= 11 is 0. The van der Waals surface area contributed by atoms with E-state index < -0.39 is 0 Å². The molecule has 1 aromatic rings. The van der Waals surface area contributed by atoms with E-state index in [2.05, 4.69) is 24.3 Å². The second kappa shape index (κ2) is 7.89. The zero-order valence-corrected chi connectivity index (χ0v) is 17.3. The van der Waals surface area contributed by atoms with Gasteiger partial charge >= 0.3 is 0 Å². The maximum Gasteiger partial charge on any atom is 0.274 e. The zero-order valence-electron chi connectivity index (χ0n) is 17.3. The summed E-state index contributed by atoms with van der Waals surface area (Å²) in [6.45, 7) is 10.6. The topological polar surface area (TPSA) is 79.6 Å². The number of amides is 1. The van der Waals surface area contributed by atoms with Crippen LogP contribution in [0.5, 0.6) is 0 Å². The van der Waals surface area contributed by atoms with Gasteiger partial charge in [-0.3, -0.25) is 9.48 Å². The van der Waals surface area contributed by atoms with Gasteiger partial charge in [0.05, 0.1) is 24.5 Å². The number of fused-ring (bicyclic) bond motifs is 1. The van der Waals surface area contributed by atoms with E-state index in [9.17, 15) is 9.90 Å². The van der Waals surface area contributed by atoms with Gasteiger partial charge in [0, 0.05) is 37.7 Å². The number of piperidine rings is 1. The lowest BCUT2D eigenvalue weighted by Gasteiger charge is -2.41. The third-order valence-corrected chi connectivity index (χ3v) is 5.91. The lowest BCUT2D eigenvalue weighted by molar-refractivity contribution is -0.00909. The molecular weight excluding hydrogens is 344 g/mol. The molecular formula is C20H34N4O3. The van der Waals surface area contributed by atoms with Gasteiger partial charge in [0.1, 0.15) is 0 Å². The van der Waals surface area contributed by atoms with Crippen molar-refractivity contribution in [3.63, 3.8) is 0 Å². The molecule has 0 aromatic carbocycles. The van der Waals surface area contributed by atoms with Gasteiger partial charge in [0.15, 0.2) is 5.69 Å². The van der Waals surface area contributed by atoms with Crippen LogP contribution in [0.2, 0.25) is 0 Å². The highest BCUT2D eigenvalue weighted by molar-refractivity contribution is 5.94. The molecule has 1 fully saturated rings. The molecule has 0 saturated carbocycles. The standard InChI is InChI=1S/C20H34N4O3/c1-13(2)11-21-20(12-25)6-8-24(9-7-20)19(26)17-16-10-14(3)27-15(4)18(16)23(5)22-17/h13-15,21,25H,6-12H2,1-5H3/t14-,15+/m0/s1. The van der Waals surface area contributed by atoms with Crippen molar-refractivity contribution >= 4 is 5.91 Å². The van der Waals surface area contributed by atoms with Crippen molar-refractivity contribution in [1.82, 2.24) is 20.0 Å². The number of ether oxygens (including phenoxy) is 1. The molecule has 27 heavy (non-hydrogen) atoms. The summed E-state index contributed by atoms with van der Waals surface area (Å²) in [5.74, 6) is 0.530. The van der Waals surface area contributed by atoms with Gasteiger partial charge < -0.3 is 20.1 Å². The van der Waals surface area contributed by atoms with Crippen molar-refractivity contribution < 1.29 is 14.6 Å². The van der Waals surface area contributed by atoms with E-state index in [1.165, 1.54) is 0 Å². The molecule has 0 radical (unpaired) electrons. The van der Waals surface area contributed by atoms with Crippen LogP contribution in [0, 0.1) is 5.92 Å². The maximum absolute atomic E-state index is 13.2. The van der Waals surface area contributed by atoms with E-state index >= 15 is 0 Å². The van der Waals surface area contributed by atoms with Crippen molar-refractivity contribution in [1.29, 1.82) is 0 Å². The number of aromatic nitrogens is 2. The van der Waals surface area contributed by atoms with Gasteiger partial charge in [0.2, 0.25) is 0 Å². The normalized spacial score (nSPS) is 24.9. The van der Waals surface area contributed by atoms with Gasteiger partial charge in [0.25, 0.3) is 5.91 Å². The van der Waals surface area contributed by atoms with Crippen molar-refractivity contribution in [2.75, 3.05) is 26.2 Å². The van der Waals surface area contributed by atoms with Gasteiger partial charge in [-0.05, 0) is 39.2 Å². The van der Waals surface area contributed by atoms with E-state index in [0.717, 1.165) is 37.1 Å².